The predicted octanol–water partition coefficient (Wildman–Crippen LogP) is 2.48. The van der Waals surface area contributed by atoms with E-state index in [4.69, 9.17) is 9.47 Å². The molecule has 0 aromatic heterocycles. The van der Waals surface area contributed by atoms with E-state index in [1.54, 1.807) is 11.8 Å². The van der Waals surface area contributed by atoms with Gasteiger partial charge in [-0.05, 0) is 47.0 Å². The topological polar surface area (TPSA) is 67.9 Å². The first-order valence-corrected chi connectivity index (χ1v) is 8.13. The molecular formula is C17H30N2O4. The highest BCUT2D eigenvalue weighted by Gasteiger charge is 2.38. The Morgan fingerprint density at radius 2 is 1.96 bits per heavy atom. The Bertz CT molecular complexity index is 431. The molecular weight excluding hydrogens is 296 g/mol. The molecule has 0 aromatic rings. The van der Waals surface area contributed by atoms with Crippen LogP contribution in [0, 0.1) is 0 Å². The third kappa shape index (κ3) is 5.86. The second-order valence-electron chi connectivity index (χ2n) is 6.95. The number of rotatable bonds is 6. The smallest absolute Gasteiger partial charge is 0.410 e. The predicted molar refractivity (Wildman–Crippen MR) is 89.2 cm³/mol. The third-order valence-electron chi connectivity index (χ3n) is 3.88. The summed E-state index contributed by atoms with van der Waals surface area (Å²) in [4.78, 5) is 25.8. The maximum absolute atomic E-state index is 12.5. The molecule has 1 amide bonds. The van der Waals surface area contributed by atoms with Gasteiger partial charge in [-0.2, -0.15) is 0 Å². The van der Waals surface area contributed by atoms with Gasteiger partial charge >= 0.3 is 12.1 Å². The molecule has 0 bridgehead atoms. The zero-order valence-electron chi connectivity index (χ0n) is 14.9. The zero-order valence-corrected chi connectivity index (χ0v) is 14.9. The Hall–Kier alpha value is -1.56. The van der Waals surface area contributed by atoms with E-state index in [1.165, 1.54) is 7.11 Å². The van der Waals surface area contributed by atoms with E-state index in [0.717, 1.165) is 19.3 Å². The van der Waals surface area contributed by atoms with E-state index in [9.17, 15) is 9.59 Å². The van der Waals surface area contributed by atoms with E-state index < -0.39 is 11.6 Å². The molecule has 23 heavy (non-hydrogen) atoms. The van der Waals surface area contributed by atoms with Gasteiger partial charge in [-0.3, -0.25) is 4.79 Å². The van der Waals surface area contributed by atoms with Gasteiger partial charge in [0.15, 0.2) is 0 Å². The first kappa shape index (κ1) is 19.5. The average molecular weight is 326 g/mol. The summed E-state index contributed by atoms with van der Waals surface area (Å²) in [6.45, 7) is 11.6. The normalized spacial score (nSPS) is 22.6. The minimum Gasteiger partial charge on any atom is -0.468 e. The van der Waals surface area contributed by atoms with Crippen LogP contribution in [0.5, 0.6) is 0 Å². The van der Waals surface area contributed by atoms with Crippen molar-refractivity contribution in [3.63, 3.8) is 0 Å². The van der Waals surface area contributed by atoms with Crippen LogP contribution in [-0.2, 0) is 14.3 Å². The van der Waals surface area contributed by atoms with Crippen LogP contribution in [-0.4, -0.2) is 54.3 Å². The summed E-state index contributed by atoms with van der Waals surface area (Å²) >= 11 is 0. The lowest BCUT2D eigenvalue weighted by Crippen LogP contribution is -2.49. The molecule has 1 N–H and O–H groups in total. The summed E-state index contributed by atoms with van der Waals surface area (Å²) in [5.74, 6) is -0.311. The molecule has 0 aliphatic carbocycles. The standard InChI is InChI=1S/C17H30N2O4/c1-7-8-13-9-10-14(11-18-12(2)15(20)22-6)19(13)16(21)23-17(3,4)5/h7,12-14,18H,1,8-11H2,2-6H3/t12-,13+,14?/m0/s1. The van der Waals surface area contributed by atoms with Crippen LogP contribution in [0.4, 0.5) is 4.79 Å². The van der Waals surface area contributed by atoms with Crippen LogP contribution in [0.15, 0.2) is 12.7 Å². The maximum Gasteiger partial charge on any atom is 0.410 e. The van der Waals surface area contributed by atoms with Gasteiger partial charge in [0.25, 0.3) is 0 Å². The molecule has 0 spiro atoms. The molecule has 1 heterocycles. The van der Waals surface area contributed by atoms with Gasteiger partial charge in [-0.1, -0.05) is 6.08 Å². The highest BCUT2D eigenvalue weighted by molar-refractivity contribution is 5.75. The average Bonchev–Trinajstić information content (AvgIpc) is 2.85. The Balaban J connectivity index is 2.74. The van der Waals surface area contributed by atoms with E-state index in [0.29, 0.717) is 6.54 Å². The first-order valence-electron chi connectivity index (χ1n) is 8.13. The van der Waals surface area contributed by atoms with Gasteiger partial charge in [0.05, 0.1) is 7.11 Å². The lowest BCUT2D eigenvalue weighted by molar-refractivity contribution is -0.142. The number of nitrogens with zero attached hydrogens (tertiary/aromatic N) is 1. The number of carbonyl (C=O) groups excluding carboxylic acids is 2. The number of hydrogen-bond donors (Lipinski definition) is 1. The number of hydrogen-bond acceptors (Lipinski definition) is 5. The Morgan fingerprint density at radius 3 is 2.48 bits per heavy atom. The van der Waals surface area contributed by atoms with Gasteiger partial charge in [0.2, 0.25) is 0 Å². The van der Waals surface area contributed by atoms with Crippen molar-refractivity contribution in [1.29, 1.82) is 0 Å². The molecule has 132 valence electrons. The molecule has 1 aliphatic heterocycles. The van der Waals surface area contributed by atoms with E-state index >= 15 is 0 Å². The Kier molecular flexibility index (Phi) is 7.06. The summed E-state index contributed by atoms with van der Waals surface area (Å²) in [6, 6.07) is -0.302. The molecule has 0 saturated carbocycles. The van der Waals surface area contributed by atoms with Gasteiger partial charge in [0, 0.05) is 18.6 Å². The SMILES string of the molecule is C=CC[C@@H]1CCC(CN[C@@H](C)C(=O)OC)N1C(=O)OC(C)(C)C. The van der Waals surface area contributed by atoms with Crippen LogP contribution in [0.1, 0.15) is 47.0 Å². The number of amides is 1. The molecule has 0 aromatic carbocycles. The Morgan fingerprint density at radius 1 is 1.35 bits per heavy atom. The summed E-state index contributed by atoms with van der Waals surface area (Å²) in [6.07, 6.45) is 4.04. The van der Waals surface area contributed by atoms with Gasteiger partial charge < -0.3 is 19.7 Å². The summed E-state index contributed by atoms with van der Waals surface area (Å²) in [7, 11) is 1.36. The Labute approximate surface area is 139 Å². The molecule has 1 rings (SSSR count). The van der Waals surface area contributed by atoms with Crippen LogP contribution in [0.3, 0.4) is 0 Å². The quantitative estimate of drug-likeness (QED) is 0.600. The summed E-state index contributed by atoms with van der Waals surface area (Å²) in [5, 5.41) is 3.14. The fourth-order valence-corrected chi connectivity index (χ4v) is 2.77. The number of likely N-dealkylation sites (tertiary alicyclic amines) is 1. The molecule has 1 fully saturated rings. The monoisotopic (exact) mass is 326 g/mol. The third-order valence-corrected chi connectivity index (χ3v) is 3.88. The highest BCUT2D eigenvalue weighted by Crippen LogP contribution is 2.28. The van der Waals surface area contributed by atoms with Crippen LogP contribution in [0.2, 0.25) is 0 Å². The van der Waals surface area contributed by atoms with Crippen LogP contribution in [0.25, 0.3) is 0 Å². The molecule has 0 radical (unpaired) electrons. The minimum absolute atomic E-state index is 0.00176. The fraction of sp³-hybridized carbons (Fsp3) is 0.765. The molecule has 1 unspecified atom stereocenters. The molecule has 1 saturated heterocycles. The molecule has 6 heteroatoms. The van der Waals surface area contributed by atoms with Gasteiger partial charge in [-0.25, -0.2) is 4.79 Å². The van der Waals surface area contributed by atoms with Crippen molar-refractivity contribution in [1.82, 2.24) is 10.2 Å². The number of ether oxygens (including phenoxy) is 2. The number of methoxy groups -OCH3 is 1. The molecule has 6 nitrogen and oxygen atoms in total. The minimum atomic E-state index is -0.532. The van der Waals surface area contributed by atoms with Gasteiger partial charge in [0.1, 0.15) is 11.6 Å². The van der Waals surface area contributed by atoms with Crippen molar-refractivity contribution in [3.8, 4) is 0 Å². The largest absolute Gasteiger partial charge is 0.468 e. The van der Waals surface area contributed by atoms with Crippen molar-refractivity contribution in [2.45, 2.75) is 70.7 Å². The van der Waals surface area contributed by atoms with E-state index in [-0.39, 0.29) is 24.1 Å². The number of carbonyl (C=O) groups is 2. The second kappa shape index (κ2) is 8.34. The zero-order chi connectivity index (χ0) is 17.6. The molecule has 3 atom stereocenters. The summed E-state index contributed by atoms with van der Waals surface area (Å²) in [5.41, 5.74) is -0.532. The van der Waals surface area contributed by atoms with E-state index in [2.05, 4.69) is 11.9 Å². The van der Waals surface area contributed by atoms with Crippen molar-refractivity contribution < 1.29 is 19.1 Å². The van der Waals surface area contributed by atoms with Crippen LogP contribution < -0.4 is 5.32 Å². The second-order valence-corrected chi connectivity index (χ2v) is 6.95. The molecule has 1 aliphatic rings. The van der Waals surface area contributed by atoms with Crippen LogP contribution >= 0.6 is 0 Å². The van der Waals surface area contributed by atoms with Gasteiger partial charge in [-0.15, -0.1) is 6.58 Å². The fourth-order valence-electron chi connectivity index (χ4n) is 2.77. The first-order chi connectivity index (χ1) is 10.7. The lowest BCUT2D eigenvalue weighted by Gasteiger charge is -2.32. The lowest BCUT2D eigenvalue weighted by atomic mass is 10.1. The van der Waals surface area contributed by atoms with Crippen molar-refractivity contribution in [2.75, 3.05) is 13.7 Å². The highest BCUT2D eigenvalue weighted by atomic mass is 16.6. The number of esters is 1. The van der Waals surface area contributed by atoms with Crippen molar-refractivity contribution in [3.05, 3.63) is 12.7 Å². The van der Waals surface area contributed by atoms with E-state index in [1.807, 2.05) is 26.8 Å². The summed E-state index contributed by atoms with van der Waals surface area (Å²) < 4.78 is 10.2. The maximum atomic E-state index is 12.5. The number of nitrogens with one attached hydrogen (secondary N) is 1. The van der Waals surface area contributed by atoms with Crippen molar-refractivity contribution >= 4 is 12.1 Å². The van der Waals surface area contributed by atoms with Crippen molar-refractivity contribution in [2.24, 2.45) is 0 Å².